The van der Waals surface area contributed by atoms with Crippen molar-refractivity contribution in [1.82, 2.24) is 10.3 Å². The average molecular weight is 394 g/mol. The number of methoxy groups -OCH3 is 1. The molecule has 1 amide bonds. The summed E-state index contributed by atoms with van der Waals surface area (Å²) < 4.78 is 10.8. The summed E-state index contributed by atoms with van der Waals surface area (Å²) in [6.45, 7) is 3.16. The van der Waals surface area contributed by atoms with Crippen LogP contribution in [0.4, 0.5) is 0 Å². The minimum absolute atomic E-state index is 0.159. The summed E-state index contributed by atoms with van der Waals surface area (Å²) in [5, 5.41) is 3.78. The van der Waals surface area contributed by atoms with Gasteiger partial charge in [-0.15, -0.1) is 0 Å². The first-order chi connectivity index (χ1) is 14.1. The summed E-state index contributed by atoms with van der Waals surface area (Å²) in [5.41, 5.74) is 1.76. The van der Waals surface area contributed by atoms with Crippen LogP contribution in [-0.4, -0.2) is 31.2 Å². The van der Waals surface area contributed by atoms with Crippen LogP contribution >= 0.6 is 0 Å². The fraction of sp³-hybridized carbons (Fsp3) is 0.304. The highest BCUT2D eigenvalue weighted by atomic mass is 16.5. The van der Waals surface area contributed by atoms with E-state index in [-0.39, 0.29) is 11.5 Å². The number of hydrogen-bond donors (Lipinski definition) is 2. The van der Waals surface area contributed by atoms with Crippen molar-refractivity contribution in [1.29, 1.82) is 0 Å². The number of fused-ring (bicyclic) bond motifs is 1. The molecule has 0 radical (unpaired) electrons. The van der Waals surface area contributed by atoms with Gasteiger partial charge in [-0.25, -0.2) is 0 Å². The standard InChI is InChI=1S/C23H26N2O4/c1-3-4-13-29-19-8-5-16(6-9-19)22(26)24-12-11-18-14-17-7-10-20(28-2)15-21(17)25-23(18)27/h5-10,14-15H,3-4,11-13H2,1-2H3,(H,24,26)(H,25,27). The predicted octanol–water partition coefficient (Wildman–Crippen LogP) is 3.69. The van der Waals surface area contributed by atoms with Crippen LogP contribution in [0.15, 0.2) is 53.3 Å². The third-order valence-electron chi connectivity index (χ3n) is 4.69. The van der Waals surface area contributed by atoms with E-state index in [0.717, 1.165) is 29.5 Å². The summed E-state index contributed by atoms with van der Waals surface area (Å²) in [6, 6.07) is 14.5. The van der Waals surface area contributed by atoms with Crippen LogP contribution in [0.2, 0.25) is 0 Å². The zero-order chi connectivity index (χ0) is 20.6. The number of unbranched alkanes of at least 4 members (excludes halogenated alkanes) is 1. The number of hydrogen-bond acceptors (Lipinski definition) is 4. The number of nitrogens with one attached hydrogen (secondary N) is 2. The lowest BCUT2D eigenvalue weighted by Crippen LogP contribution is -2.27. The maximum Gasteiger partial charge on any atom is 0.251 e. The van der Waals surface area contributed by atoms with E-state index in [2.05, 4.69) is 17.2 Å². The van der Waals surface area contributed by atoms with Crippen molar-refractivity contribution in [2.24, 2.45) is 0 Å². The number of ether oxygens (including phenoxy) is 2. The molecule has 0 spiro atoms. The van der Waals surface area contributed by atoms with E-state index in [0.29, 0.717) is 36.4 Å². The number of aromatic amines is 1. The summed E-state index contributed by atoms with van der Waals surface area (Å²) in [5.74, 6) is 1.27. The Bertz CT molecular complexity index is 1030. The molecule has 2 aromatic carbocycles. The molecule has 0 atom stereocenters. The number of benzene rings is 2. The first-order valence-corrected chi connectivity index (χ1v) is 9.81. The average Bonchev–Trinajstić information content (AvgIpc) is 2.74. The van der Waals surface area contributed by atoms with Gasteiger partial charge in [0.1, 0.15) is 11.5 Å². The van der Waals surface area contributed by atoms with Gasteiger partial charge in [-0.1, -0.05) is 13.3 Å². The van der Waals surface area contributed by atoms with Gasteiger partial charge in [-0.2, -0.15) is 0 Å². The Morgan fingerprint density at radius 2 is 1.83 bits per heavy atom. The van der Waals surface area contributed by atoms with Crippen LogP contribution in [0.1, 0.15) is 35.7 Å². The lowest BCUT2D eigenvalue weighted by molar-refractivity contribution is 0.0954. The van der Waals surface area contributed by atoms with E-state index in [1.807, 2.05) is 18.2 Å². The van der Waals surface area contributed by atoms with Gasteiger partial charge in [0.15, 0.2) is 0 Å². The van der Waals surface area contributed by atoms with Crippen LogP contribution in [0.3, 0.4) is 0 Å². The first kappa shape index (κ1) is 20.5. The molecule has 3 rings (SSSR count). The molecule has 0 aliphatic carbocycles. The van der Waals surface area contributed by atoms with Crippen LogP contribution in [0.5, 0.6) is 11.5 Å². The lowest BCUT2D eigenvalue weighted by atomic mass is 10.1. The van der Waals surface area contributed by atoms with Crippen LogP contribution in [0, 0.1) is 0 Å². The molecule has 0 saturated heterocycles. The Balaban J connectivity index is 1.57. The van der Waals surface area contributed by atoms with Gasteiger partial charge in [0, 0.05) is 23.7 Å². The van der Waals surface area contributed by atoms with E-state index >= 15 is 0 Å². The zero-order valence-electron chi connectivity index (χ0n) is 16.8. The molecule has 6 nitrogen and oxygen atoms in total. The molecule has 3 aromatic rings. The van der Waals surface area contributed by atoms with Crippen molar-refractivity contribution in [3.05, 3.63) is 70.0 Å². The second-order valence-electron chi connectivity index (χ2n) is 6.81. The molecule has 29 heavy (non-hydrogen) atoms. The van der Waals surface area contributed by atoms with E-state index in [1.165, 1.54) is 0 Å². The van der Waals surface area contributed by atoms with Crippen molar-refractivity contribution in [3.8, 4) is 11.5 Å². The Morgan fingerprint density at radius 3 is 2.55 bits per heavy atom. The molecular formula is C23H26N2O4. The van der Waals surface area contributed by atoms with Crippen molar-refractivity contribution in [3.63, 3.8) is 0 Å². The van der Waals surface area contributed by atoms with Gasteiger partial charge in [-0.05, 0) is 60.7 Å². The van der Waals surface area contributed by atoms with Crippen molar-refractivity contribution in [2.45, 2.75) is 26.2 Å². The zero-order valence-corrected chi connectivity index (χ0v) is 16.8. The van der Waals surface area contributed by atoms with Crippen molar-refractivity contribution < 1.29 is 14.3 Å². The maximum atomic E-state index is 12.3. The minimum atomic E-state index is -0.174. The SMILES string of the molecule is CCCCOc1ccc(C(=O)NCCc2cc3ccc(OC)cc3[nH]c2=O)cc1. The van der Waals surface area contributed by atoms with Crippen molar-refractivity contribution in [2.75, 3.05) is 20.3 Å². The quantitative estimate of drug-likeness (QED) is 0.543. The topological polar surface area (TPSA) is 80.4 Å². The molecule has 6 heteroatoms. The van der Waals surface area contributed by atoms with Gasteiger partial charge >= 0.3 is 0 Å². The third kappa shape index (κ3) is 5.38. The van der Waals surface area contributed by atoms with Gasteiger partial charge in [-0.3, -0.25) is 9.59 Å². The fourth-order valence-electron chi connectivity index (χ4n) is 2.99. The molecule has 0 fully saturated rings. The summed E-state index contributed by atoms with van der Waals surface area (Å²) >= 11 is 0. The number of amides is 1. The number of rotatable bonds is 9. The second-order valence-corrected chi connectivity index (χ2v) is 6.81. The molecule has 2 N–H and O–H groups in total. The molecule has 152 valence electrons. The summed E-state index contributed by atoms with van der Waals surface area (Å²) in [6.07, 6.45) is 2.53. The number of carbonyl (C=O) groups is 1. The number of H-pyrrole nitrogens is 1. The molecule has 0 aliphatic heterocycles. The van der Waals surface area contributed by atoms with E-state index in [1.54, 1.807) is 37.4 Å². The molecule has 0 unspecified atom stereocenters. The fourth-order valence-corrected chi connectivity index (χ4v) is 2.99. The van der Waals surface area contributed by atoms with Gasteiger partial charge in [0.25, 0.3) is 11.5 Å². The molecule has 1 aromatic heterocycles. The largest absolute Gasteiger partial charge is 0.497 e. The predicted molar refractivity (Wildman–Crippen MR) is 114 cm³/mol. The summed E-state index contributed by atoms with van der Waals surface area (Å²) in [7, 11) is 1.59. The van der Waals surface area contributed by atoms with Crippen molar-refractivity contribution >= 4 is 16.8 Å². The Hall–Kier alpha value is -3.28. The van der Waals surface area contributed by atoms with E-state index in [4.69, 9.17) is 9.47 Å². The second kappa shape index (κ2) is 9.78. The monoisotopic (exact) mass is 394 g/mol. The van der Waals surface area contributed by atoms with E-state index in [9.17, 15) is 9.59 Å². The molecular weight excluding hydrogens is 368 g/mol. The highest BCUT2D eigenvalue weighted by molar-refractivity contribution is 5.94. The minimum Gasteiger partial charge on any atom is -0.497 e. The Morgan fingerprint density at radius 1 is 1.07 bits per heavy atom. The molecule has 0 aliphatic rings. The Labute approximate surface area is 169 Å². The molecule has 0 bridgehead atoms. The Kier molecular flexibility index (Phi) is 6.89. The van der Waals surface area contributed by atoms with Crippen LogP contribution < -0.4 is 20.3 Å². The summed E-state index contributed by atoms with van der Waals surface area (Å²) in [4.78, 5) is 27.5. The van der Waals surface area contributed by atoms with E-state index < -0.39 is 0 Å². The number of pyridine rings is 1. The number of carbonyl (C=O) groups excluding carboxylic acids is 1. The van der Waals surface area contributed by atoms with Gasteiger partial charge in [0.05, 0.1) is 19.2 Å². The maximum absolute atomic E-state index is 12.3. The number of aromatic nitrogens is 1. The van der Waals surface area contributed by atoms with Gasteiger partial charge < -0.3 is 19.8 Å². The molecule has 0 saturated carbocycles. The van der Waals surface area contributed by atoms with Gasteiger partial charge in [0.2, 0.25) is 0 Å². The molecule has 1 heterocycles. The third-order valence-corrected chi connectivity index (χ3v) is 4.69. The first-order valence-electron chi connectivity index (χ1n) is 9.81. The smallest absolute Gasteiger partial charge is 0.251 e. The van der Waals surface area contributed by atoms with Crippen LogP contribution in [-0.2, 0) is 6.42 Å². The lowest BCUT2D eigenvalue weighted by Gasteiger charge is -2.08. The highest BCUT2D eigenvalue weighted by Crippen LogP contribution is 2.18. The highest BCUT2D eigenvalue weighted by Gasteiger charge is 2.08. The normalized spacial score (nSPS) is 10.7. The van der Waals surface area contributed by atoms with Crippen LogP contribution in [0.25, 0.3) is 10.9 Å².